The van der Waals surface area contributed by atoms with Gasteiger partial charge in [0.1, 0.15) is 5.01 Å². The molecular weight excluding hydrogens is 260 g/mol. The lowest BCUT2D eigenvalue weighted by molar-refractivity contribution is 0.141. The highest BCUT2D eigenvalue weighted by Crippen LogP contribution is 2.33. The SMILES string of the molecule is Cc1ccc(CN2CCCC[C@H]2c2nccs2)s1. The number of aryl methyl sites for hydroxylation is 1. The van der Waals surface area contributed by atoms with Crippen molar-refractivity contribution in [2.24, 2.45) is 0 Å². The third kappa shape index (κ3) is 2.66. The monoisotopic (exact) mass is 278 g/mol. The van der Waals surface area contributed by atoms with Crippen molar-refractivity contribution in [3.63, 3.8) is 0 Å². The molecule has 0 N–H and O–H groups in total. The molecule has 2 nitrogen and oxygen atoms in total. The van der Waals surface area contributed by atoms with Crippen LogP contribution in [0.2, 0.25) is 0 Å². The topological polar surface area (TPSA) is 16.1 Å². The molecule has 0 spiro atoms. The fourth-order valence-corrected chi connectivity index (χ4v) is 4.35. The van der Waals surface area contributed by atoms with Crippen LogP contribution in [0.25, 0.3) is 0 Å². The average molecular weight is 278 g/mol. The molecule has 0 amide bonds. The smallest absolute Gasteiger partial charge is 0.110 e. The van der Waals surface area contributed by atoms with Gasteiger partial charge in [-0.2, -0.15) is 0 Å². The molecule has 1 atom stereocenters. The quantitative estimate of drug-likeness (QED) is 0.835. The molecule has 1 aliphatic heterocycles. The number of thiophene rings is 1. The fourth-order valence-electron chi connectivity index (χ4n) is 2.63. The summed E-state index contributed by atoms with van der Waals surface area (Å²) in [5.41, 5.74) is 0. The summed E-state index contributed by atoms with van der Waals surface area (Å²) >= 11 is 3.72. The number of nitrogens with zero attached hydrogens (tertiary/aromatic N) is 2. The molecule has 1 aliphatic rings. The van der Waals surface area contributed by atoms with Crippen LogP contribution in [0, 0.1) is 6.92 Å². The van der Waals surface area contributed by atoms with Crippen molar-refractivity contribution >= 4 is 22.7 Å². The van der Waals surface area contributed by atoms with E-state index in [4.69, 9.17) is 0 Å². The van der Waals surface area contributed by atoms with Gasteiger partial charge in [0.25, 0.3) is 0 Å². The van der Waals surface area contributed by atoms with Crippen LogP contribution in [0.5, 0.6) is 0 Å². The van der Waals surface area contributed by atoms with E-state index in [0.29, 0.717) is 6.04 Å². The summed E-state index contributed by atoms with van der Waals surface area (Å²) in [6.07, 6.45) is 5.86. The molecule has 1 fully saturated rings. The Kier molecular flexibility index (Phi) is 3.77. The Morgan fingerprint density at radius 1 is 1.39 bits per heavy atom. The molecule has 4 heteroatoms. The lowest BCUT2D eigenvalue weighted by Crippen LogP contribution is -2.32. The standard InChI is InChI=1S/C14H18N2S2/c1-11-5-6-12(18-11)10-16-8-3-2-4-13(16)14-15-7-9-17-14/h5-7,9,13H,2-4,8,10H2,1H3/t13-/m0/s1. The Hall–Kier alpha value is -0.710. The molecule has 2 aromatic heterocycles. The van der Waals surface area contributed by atoms with Gasteiger partial charge in [-0.25, -0.2) is 4.98 Å². The Morgan fingerprint density at radius 3 is 3.06 bits per heavy atom. The number of aromatic nitrogens is 1. The summed E-state index contributed by atoms with van der Waals surface area (Å²) in [5.74, 6) is 0. The van der Waals surface area contributed by atoms with Gasteiger partial charge in [-0.3, -0.25) is 4.90 Å². The highest BCUT2D eigenvalue weighted by molar-refractivity contribution is 7.11. The van der Waals surface area contributed by atoms with E-state index >= 15 is 0 Å². The number of thiazole rings is 1. The van der Waals surface area contributed by atoms with E-state index in [0.717, 1.165) is 6.54 Å². The molecule has 0 saturated carbocycles. The summed E-state index contributed by atoms with van der Waals surface area (Å²) in [6.45, 7) is 4.48. The molecule has 2 aromatic rings. The maximum absolute atomic E-state index is 4.52. The van der Waals surface area contributed by atoms with Crippen molar-refractivity contribution in [1.82, 2.24) is 9.88 Å². The maximum atomic E-state index is 4.52. The van der Waals surface area contributed by atoms with E-state index in [1.807, 2.05) is 17.5 Å². The molecule has 1 saturated heterocycles. The Bertz CT molecular complexity index is 490. The first-order valence-corrected chi connectivity index (χ1v) is 8.21. The minimum Gasteiger partial charge on any atom is -0.289 e. The minimum absolute atomic E-state index is 0.543. The molecule has 0 radical (unpaired) electrons. The highest BCUT2D eigenvalue weighted by Gasteiger charge is 2.25. The number of hydrogen-bond donors (Lipinski definition) is 0. The van der Waals surface area contributed by atoms with Crippen molar-refractivity contribution in [1.29, 1.82) is 0 Å². The number of hydrogen-bond acceptors (Lipinski definition) is 4. The van der Waals surface area contributed by atoms with Crippen molar-refractivity contribution in [2.75, 3.05) is 6.54 Å². The van der Waals surface area contributed by atoms with E-state index in [1.165, 1.54) is 40.6 Å². The Balaban J connectivity index is 1.76. The number of piperidine rings is 1. The Morgan fingerprint density at radius 2 is 2.33 bits per heavy atom. The zero-order valence-electron chi connectivity index (χ0n) is 10.6. The molecule has 0 unspecified atom stereocenters. The highest BCUT2D eigenvalue weighted by atomic mass is 32.1. The van der Waals surface area contributed by atoms with Crippen LogP contribution in [0.1, 0.15) is 40.1 Å². The molecule has 3 heterocycles. The molecule has 0 aromatic carbocycles. The second-order valence-corrected chi connectivity index (χ2v) is 7.16. The van der Waals surface area contributed by atoms with Crippen LogP contribution in [-0.2, 0) is 6.54 Å². The minimum atomic E-state index is 0.543. The van der Waals surface area contributed by atoms with Crippen molar-refractivity contribution in [3.05, 3.63) is 38.5 Å². The van der Waals surface area contributed by atoms with Gasteiger partial charge in [-0.05, 0) is 38.4 Å². The van der Waals surface area contributed by atoms with Crippen LogP contribution < -0.4 is 0 Å². The normalized spacial score (nSPS) is 21.3. The van der Waals surface area contributed by atoms with Gasteiger partial charge < -0.3 is 0 Å². The molecular formula is C14H18N2S2. The first-order chi connectivity index (χ1) is 8.83. The third-order valence-corrected chi connectivity index (χ3v) is 5.37. The fraction of sp³-hybridized carbons (Fsp3) is 0.500. The summed E-state index contributed by atoms with van der Waals surface area (Å²) in [6, 6.07) is 5.04. The first kappa shape index (κ1) is 12.3. The summed E-state index contributed by atoms with van der Waals surface area (Å²) in [7, 11) is 0. The van der Waals surface area contributed by atoms with Gasteiger partial charge in [0.15, 0.2) is 0 Å². The summed E-state index contributed by atoms with van der Waals surface area (Å²) in [5, 5.41) is 3.39. The largest absolute Gasteiger partial charge is 0.289 e. The molecule has 3 rings (SSSR count). The zero-order valence-corrected chi connectivity index (χ0v) is 12.3. The van der Waals surface area contributed by atoms with Gasteiger partial charge in [-0.1, -0.05) is 6.42 Å². The first-order valence-electron chi connectivity index (χ1n) is 6.52. The van der Waals surface area contributed by atoms with E-state index in [2.05, 4.69) is 34.3 Å². The van der Waals surface area contributed by atoms with E-state index in [9.17, 15) is 0 Å². The van der Waals surface area contributed by atoms with Gasteiger partial charge >= 0.3 is 0 Å². The van der Waals surface area contributed by atoms with Gasteiger partial charge in [0, 0.05) is 27.9 Å². The van der Waals surface area contributed by atoms with Gasteiger partial charge in [-0.15, -0.1) is 22.7 Å². The summed E-state index contributed by atoms with van der Waals surface area (Å²) in [4.78, 5) is 10.0. The van der Waals surface area contributed by atoms with Crippen LogP contribution >= 0.6 is 22.7 Å². The lowest BCUT2D eigenvalue weighted by atomic mass is 10.0. The zero-order chi connectivity index (χ0) is 12.4. The predicted octanol–water partition coefficient (Wildman–Crippen LogP) is 4.24. The molecule has 0 aliphatic carbocycles. The second-order valence-electron chi connectivity index (χ2n) is 4.86. The van der Waals surface area contributed by atoms with E-state index in [-0.39, 0.29) is 0 Å². The van der Waals surface area contributed by atoms with Gasteiger partial charge in [0.05, 0.1) is 6.04 Å². The van der Waals surface area contributed by atoms with E-state index in [1.54, 1.807) is 11.3 Å². The van der Waals surface area contributed by atoms with Crippen molar-refractivity contribution < 1.29 is 0 Å². The average Bonchev–Trinajstić information content (AvgIpc) is 3.02. The van der Waals surface area contributed by atoms with Crippen LogP contribution in [0.3, 0.4) is 0 Å². The molecule has 18 heavy (non-hydrogen) atoms. The van der Waals surface area contributed by atoms with E-state index < -0.39 is 0 Å². The molecule has 0 bridgehead atoms. The van der Waals surface area contributed by atoms with Crippen molar-refractivity contribution in [3.8, 4) is 0 Å². The second kappa shape index (κ2) is 5.51. The predicted molar refractivity (Wildman–Crippen MR) is 78.2 cm³/mol. The maximum Gasteiger partial charge on any atom is 0.110 e. The van der Waals surface area contributed by atoms with Gasteiger partial charge in [0.2, 0.25) is 0 Å². The lowest BCUT2D eigenvalue weighted by Gasteiger charge is -2.34. The Labute approximate surface area is 116 Å². The number of likely N-dealkylation sites (tertiary alicyclic amines) is 1. The third-order valence-electron chi connectivity index (χ3n) is 3.51. The molecule has 96 valence electrons. The van der Waals surface area contributed by atoms with Crippen LogP contribution in [0.15, 0.2) is 23.7 Å². The van der Waals surface area contributed by atoms with Crippen molar-refractivity contribution in [2.45, 2.75) is 38.8 Å². The summed E-state index contributed by atoms with van der Waals surface area (Å²) < 4.78 is 0. The number of rotatable bonds is 3. The van der Waals surface area contributed by atoms with Crippen LogP contribution in [0.4, 0.5) is 0 Å². The van der Waals surface area contributed by atoms with Crippen LogP contribution in [-0.4, -0.2) is 16.4 Å².